The summed E-state index contributed by atoms with van der Waals surface area (Å²) < 4.78 is 31.8. The van der Waals surface area contributed by atoms with E-state index in [0.29, 0.717) is 22.8 Å². The Morgan fingerprint density at radius 2 is 1.88 bits per heavy atom. The van der Waals surface area contributed by atoms with E-state index in [0.717, 1.165) is 0 Å². The van der Waals surface area contributed by atoms with Crippen LogP contribution in [0.2, 0.25) is 5.02 Å². The quantitative estimate of drug-likeness (QED) is 0.397. The summed E-state index contributed by atoms with van der Waals surface area (Å²) in [5.74, 6) is 0.966. The number of carbonyl (C=O) groups is 1. The number of benzene rings is 2. The van der Waals surface area contributed by atoms with Gasteiger partial charge in [0.2, 0.25) is 0 Å². The highest BCUT2D eigenvalue weighted by molar-refractivity contribution is 6.33. The predicted octanol–water partition coefficient (Wildman–Crippen LogP) is 5.16. The highest BCUT2D eigenvalue weighted by Crippen LogP contribution is 2.27. The molecule has 4 rings (SSSR count). The van der Waals surface area contributed by atoms with Crippen LogP contribution in [0.3, 0.4) is 0 Å². The van der Waals surface area contributed by atoms with E-state index in [1.807, 2.05) is 12.1 Å². The molecule has 1 amide bonds. The lowest BCUT2D eigenvalue weighted by Crippen LogP contribution is -2.12. The molecule has 0 saturated heterocycles. The highest BCUT2D eigenvalue weighted by Gasteiger charge is 2.17. The molecular weight excluding hydrogens is 437 g/mol. The smallest absolute Gasteiger partial charge is 0.292 e. The Kier molecular flexibility index (Phi) is 6.42. The van der Waals surface area contributed by atoms with Gasteiger partial charge in [0, 0.05) is 11.8 Å². The van der Waals surface area contributed by atoms with Gasteiger partial charge in [0.1, 0.15) is 23.2 Å². The van der Waals surface area contributed by atoms with Crippen LogP contribution in [0.15, 0.2) is 71.3 Å². The minimum absolute atomic E-state index is 0.0725. The zero-order chi connectivity index (χ0) is 22.5. The number of nitrogens with one attached hydrogen (secondary N) is 1. The summed E-state index contributed by atoms with van der Waals surface area (Å²) >= 11 is 6.18. The zero-order valence-electron chi connectivity index (χ0n) is 17.0. The molecule has 2 aromatic heterocycles. The second-order valence-electron chi connectivity index (χ2n) is 6.77. The lowest BCUT2D eigenvalue weighted by Gasteiger charge is -2.08. The summed E-state index contributed by atoms with van der Waals surface area (Å²) in [6, 6.07) is 16.8. The first-order chi connectivity index (χ1) is 15.5. The van der Waals surface area contributed by atoms with Crippen molar-refractivity contribution in [1.82, 2.24) is 9.78 Å². The lowest BCUT2D eigenvalue weighted by atomic mass is 10.2. The molecule has 0 fully saturated rings. The molecule has 7 nitrogen and oxygen atoms in total. The number of furan rings is 1. The van der Waals surface area contributed by atoms with Crippen LogP contribution in [0, 0.1) is 5.82 Å². The molecule has 0 radical (unpaired) electrons. The summed E-state index contributed by atoms with van der Waals surface area (Å²) in [7, 11) is 1.56. The molecule has 2 aromatic carbocycles. The van der Waals surface area contributed by atoms with Gasteiger partial charge in [-0.1, -0.05) is 41.9 Å². The molecule has 0 atom stereocenters. The number of ether oxygens (including phenoxy) is 2. The van der Waals surface area contributed by atoms with Crippen LogP contribution in [0.5, 0.6) is 11.5 Å². The van der Waals surface area contributed by atoms with Crippen LogP contribution < -0.4 is 14.8 Å². The second-order valence-corrected chi connectivity index (χ2v) is 7.18. The Morgan fingerprint density at radius 1 is 1.12 bits per heavy atom. The lowest BCUT2D eigenvalue weighted by molar-refractivity contribution is 0.0992. The van der Waals surface area contributed by atoms with E-state index in [9.17, 15) is 9.18 Å². The number of hydrogen-bond acceptors (Lipinski definition) is 5. The minimum atomic E-state index is -0.522. The summed E-state index contributed by atoms with van der Waals surface area (Å²) in [5, 5.41) is 7.04. The molecule has 2 heterocycles. The van der Waals surface area contributed by atoms with Crippen molar-refractivity contribution >= 4 is 23.3 Å². The number of carbonyl (C=O) groups excluding carboxylic acids is 1. The van der Waals surface area contributed by atoms with Crippen molar-refractivity contribution in [2.24, 2.45) is 0 Å². The third-order valence-corrected chi connectivity index (χ3v) is 4.84. The maximum Gasteiger partial charge on any atom is 0.292 e. The van der Waals surface area contributed by atoms with E-state index < -0.39 is 5.91 Å². The maximum absolute atomic E-state index is 13.9. The van der Waals surface area contributed by atoms with Gasteiger partial charge in [-0.15, -0.1) is 0 Å². The van der Waals surface area contributed by atoms with E-state index in [-0.39, 0.29) is 35.6 Å². The first-order valence-corrected chi connectivity index (χ1v) is 10.0. The topological polar surface area (TPSA) is 78.5 Å². The fourth-order valence-corrected chi connectivity index (χ4v) is 3.20. The van der Waals surface area contributed by atoms with Gasteiger partial charge >= 0.3 is 0 Å². The zero-order valence-corrected chi connectivity index (χ0v) is 17.8. The van der Waals surface area contributed by atoms with E-state index in [4.69, 9.17) is 25.5 Å². The van der Waals surface area contributed by atoms with Crippen LogP contribution in [0.1, 0.15) is 21.9 Å². The summed E-state index contributed by atoms with van der Waals surface area (Å²) in [4.78, 5) is 12.5. The molecule has 4 aromatic rings. The number of hydrogen-bond donors (Lipinski definition) is 1. The van der Waals surface area contributed by atoms with Crippen LogP contribution >= 0.6 is 11.6 Å². The molecule has 32 heavy (non-hydrogen) atoms. The molecule has 0 bridgehead atoms. The molecule has 1 N–H and O–H groups in total. The predicted molar refractivity (Wildman–Crippen MR) is 117 cm³/mol. The SMILES string of the molecule is COc1ccccc1OCc1ccc(C(=O)Nc2nn(Cc3ccccc3F)cc2Cl)o1. The Morgan fingerprint density at radius 3 is 2.66 bits per heavy atom. The van der Waals surface area contributed by atoms with Crippen molar-refractivity contribution in [2.45, 2.75) is 13.2 Å². The van der Waals surface area contributed by atoms with Gasteiger partial charge in [0.15, 0.2) is 23.1 Å². The average molecular weight is 456 g/mol. The van der Waals surface area contributed by atoms with E-state index in [1.54, 1.807) is 43.5 Å². The normalized spacial score (nSPS) is 10.7. The Bertz CT molecular complexity index is 1240. The number of rotatable bonds is 8. The number of nitrogens with zero attached hydrogens (tertiary/aromatic N) is 2. The molecule has 0 aliphatic rings. The summed E-state index contributed by atoms with van der Waals surface area (Å²) in [5.41, 5.74) is 0.454. The molecule has 0 aliphatic heterocycles. The van der Waals surface area contributed by atoms with Crippen LogP contribution in [0.25, 0.3) is 0 Å². The van der Waals surface area contributed by atoms with Crippen molar-refractivity contribution in [1.29, 1.82) is 0 Å². The standard InChI is InChI=1S/C23H19ClFN3O4/c1-30-19-8-4-5-9-20(19)31-14-16-10-11-21(32-16)23(29)26-22-17(24)13-28(27-22)12-15-6-2-3-7-18(15)25/h2-11,13H,12,14H2,1H3,(H,26,27,29). The average Bonchev–Trinajstić information content (AvgIpc) is 3.41. The number of para-hydroxylation sites is 2. The van der Waals surface area contributed by atoms with E-state index >= 15 is 0 Å². The number of amides is 1. The van der Waals surface area contributed by atoms with Gasteiger partial charge in [-0.05, 0) is 30.3 Å². The first kappa shape index (κ1) is 21.5. The number of methoxy groups -OCH3 is 1. The fourth-order valence-electron chi connectivity index (χ4n) is 3.00. The summed E-state index contributed by atoms with van der Waals surface area (Å²) in [6.07, 6.45) is 1.51. The largest absolute Gasteiger partial charge is 0.493 e. The number of halogens is 2. The van der Waals surface area contributed by atoms with E-state index in [2.05, 4.69) is 10.4 Å². The Hall–Kier alpha value is -3.78. The number of aromatic nitrogens is 2. The number of anilines is 1. The van der Waals surface area contributed by atoms with Gasteiger partial charge in [-0.2, -0.15) is 5.10 Å². The van der Waals surface area contributed by atoms with Crippen molar-refractivity contribution < 1.29 is 23.1 Å². The Labute approximate surface area is 188 Å². The molecular formula is C23H19ClFN3O4. The highest BCUT2D eigenvalue weighted by atomic mass is 35.5. The van der Waals surface area contributed by atoms with Crippen LogP contribution in [-0.4, -0.2) is 22.8 Å². The van der Waals surface area contributed by atoms with Gasteiger partial charge < -0.3 is 19.2 Å². The van der Waals surface area contributed by atoms with Crippen molar-refractivity contribution in [3.8, 4) is 11.5 Å². The van der Waals surface area contributed by atoms with Crippen molar-refractivity contribution in [2.75, 3.05) is 12.4 Å². The van der Waals surface area contributed by atoms with Gasteiger partial charge in [0.25, 0.3) is 5.91 Å². The molecule has 164 valence electrons. The van der Waals surface area contributed by atoms with Gasteiger partial charge in [-0.25, -0.2) is 4.39 Å². The maximum atomic E-state index is 13.9. The molecule has 0 saturated carbocycles. The molecule has 0 spiro atoms. The van der Waals surface area contributed by atoms with Crippen LogP contribution in [0.4, 0.5) is 10.2 Å². The summed E-state index contributed by atoms with van der Waals surface area (Å²) in [6.45, 7) is 0.291. The fraction of sp³-hybridized carbons (Fsp3) is 0.130. The van der Waals surface area contributed by atoms with Crippen molar-refractivity contribution in [3.63, 3.8) is 0 Å². The second kappa shape index (κ2) is 9.57. The van der Waals surface area contributed by atoms with Gasteiger partial charge in [0.05, 0.1) is 13.7 Å². The Balaban J connectivity index is 1.39. The first-order valence-electron chi connectivity index (χ1n) is 9.65. The molecule has 9 heteroatoms. The molecule has 0 aliphatic carbocycles. The van der Waals surface area contributed by atoms with Gasteiger partial charge in [-0.3, -0.25) is 9.48 Å². The van der Waals surface area contributed by atoms with Crippen molar-refractivity contribution in [3.05, 3.63) is 94.8 Å². The van der Waals surface area contributed by atoms with Crippen LogP contribution in [-0.2, 0) is 13.2 Å². The van der Waals surface area contributed by atoms with E-state index in [1.165, 1.54) is 23.0 Å². The monoisotopic (exact) mass is 455 g/mol. The molecule has 0 unspecified atom stereocenters. The minimum Gasteiger partial charge on any atom is -0.493 e. The third-order valence-electron chi connectivity index (χ3n) is 4.56. The third kappa shape index (κ3) is 4.92.